The topological polar surface area (TPSA) is 59.5 Å². The number of furan rings is 1. The Balaban J connectivity index is 1.84. The first-order valence-corrected chi connectivity index (χ1v) is 7.21. The van der Waals surface area contributed by atoms with Gasteiger partial charge >= 0.3 is 0 Å². The molecule has 4 heteroatoms. The first-order chi connectivity index (χ1) is 9.65. The molecule has 20 heavy (non-hydrogen) atoms. The van der Waals surface area contributed by atoms with Crippen LogP contribution in [0.1, 0.15) is 42.7 Å². The van der Waals surface area contributed by atoms with Crippen LogP contribution in [0.15, 0.2) is 28.7 Å². The molecule has 3 rings (SSSR count). The number of anilines is 1. The van der Waals surface area contributed by atoms with Gasteiger partial charge in [0.25, 0.3) is 5.91 Å². The number of rotatable bonds is 2. The van der Waals surface area contributed by atoms with Crippen molar-refractivity contribution in [3.63, 3.8) is 0 Å². The molecule has 1 aromatic carbocycles. The van der Waals surface area contributed by atoms with E-state index in [1.54, 1.807) is 12.1 Å². The summed E-state index contributed by atoms with van der Waals surface area (Å²) in [6.45, 7) is 0. The van der Waals surface area contributed by atoms with Crippen LogP contribution in [0.4, 0.5) is 5.69 Å². The van der Waals surface area contributed by atoms with Gasteiger partial charge in [-0.05, 0) is 37.1 Å². The van der Waals surface area contributed by atoms with Crippen molar-refractivity contribution in [2.24, 2.45) is 0 Å². The number of amides is 1. The Kier molecular flexibility index (Phi) is 3.38. The molecule has 0 radical (unpaired) electrons. The SMILES string of the molecule is CN(C(=O)c1cc2cc(N)ccc2o1)C1CCCCC1. The molecule has 2 aromatic rings. The maximum absolute atomic E-state index is 12.5. The lowest BCUT2D eigenvalue weighted by Gasteiger charge is -2.30. The number of fused-ring (bicyclic) bond motifs is 1. The van der Waals surface area contributed by atoms with E-state index in [4.69, 9.17) is 10.2 Å². The largest absolute Gasteiger partial charge is 0.451 e. The highest BCUT2D eigenvalue weighted by molar-refractivity contribution is 5.96. The minimum atomic E-state index is -0.0355. The normalized spacial score (nSPS) is 16.4. The van der Waals surface area contributed by atoms with E-state index in [1.165, 1.54) is 19.3 Å². The number of hydrogen-bond acceptors (Lipinski definition) is 3. The fraction of sp³-hybridized carbons (Fsp3) is 0.438. The van der Waals surface area contributed by atoms with Crippen molar-refractivity contribution >= 4 is 22.6 Å². The minimum absolute atomic E-state index is 0.0355. The lowest BCUT2D eigenvalue weighted by molar-refractivity contribution is 0.0666. The van der Waals surface area contributed by atoms with Gasteiger partial charge in [0, 0.05) is 24.2 Å². The summed E-state index contributed by atoms with van der Waals surface area (Å²) < 4.78 is 5.65. The van der Waals surface area contributed by atoms with E-state index in [1.807, 2.05) is 24.1 Å². The number of nitrogens with two attached hydrogens (primary N) is 1. The lowest BCUT2D eigenvalue weighted by Crippen LogP contribution is -2.38. The van der Waals surface area contributed by atoms with Crippen molar-refractivity contribution in [2.75, 3.05) is 12.8 Å². The summed E-state index contributed by atoms with van der Waals surface area (Å²) in [5.41, 5.74) is 7.14. The van der Waals surface area contributed by atoms with Gasteiger partial charge in [-0.15, -0.1) is 0 Å². The van der Waals surface area contributed by atoms with E-state index in [0.717, 1.165) is 18.2 Å². The zero-order valence-corrected chi connectivity index (χ0v) is 11.8. The first kappa shape index (κ1) is 13.0. The molecule has 0 unspecified atom stereocenters. The molecule has 4 nitrogen and oxygen atoms in total. The summed E-state index contributed by atoms with van der Waals surface area (Å²) in [7, 11) is 1.87. The zero-order valence-electron chi connectivity index (χ0n) is 11.8. The van der Waals surface area contributed by atoms with Crippen molar-refractivity contribution in [3.8, 4) is 0 Å². The summed E-state index contributed by atoms with van der Waals surface area (Å²) in [5, 5.41) is 0.880. The predicted molar refractivity (Wildman–Crippen MR) is 79.6 cm³/mol. The average molecular weight is 272 g/mol. The van der Waals surface area contributed by atoms with Gasteiger partial charge in [0.1, 0.15) is 5.58 Å². The van der Waals surface area contributed by atoms with Gasteiger partial charge < -0.3 is 15.1 Å². The van der Waals surface area contributed by atoms with Crippen LogP contribution < -0.4 is 5.73 Å². The monoisotopic (exact) mass is 272 g/mol. The van der Waals surface area contributed by atoms with Gasteiger partial charge in [0.05, 0.1) is 0 Å². The van der Waals surface area contributed by atoms with Gasteiger partial charge in [-0.3, -0.25) is 4.79 Å². The van der Waals surface area contributed by atoms with E-state index in [0.29, 0.717) is 23.1 Å². The number of hydrogen-bond donors (Lipinski definition) is 1. The quantitative estimate of drug-likeness (QED) is 0.852. The molecule has 1 fully saturated rings. The molecule has 1 aromatic heterocycles. The number of nitrogen functional groups attached to an aromatic ring is 1. The molecule has 1 aliphatic rings. The smallest absolute Gasteiger partial charge is 0.289 e. The Morgan fingerprint density at radius 2 is 2.00 bits per heavy atom. The van der Waals surface area contributed by atoms with Crippen molar-refractivity contribution < 1.29 is 9.21 Å². The van der Waals surface area contributed by atoms with E-state index in [9.17, 15) is 4.79 Å². The van der Waals surface area contributed by atoms with E-state index in [2.05, 4.69) is 0 Å². The average Bonchev–Trinajstić information content (AvgIpc) is 2.89. The molecule has 0 saturated heterocycles. The lowest BCUT2D eigenvalue weighted by atomic mass is 9.94. The number of benzene rings is 1. The second-order valence-electron chi connectivity index (χ2n) is 5.62. The van der Waals surface area contributed by atoms with E-state index < -0.39 is 0 Å². The molecular formula is C16H20N2O2. The standard InChI is InChI=1S/C16H20N2O2/c1-18(13-5-3-2-4-6-13)16(19)15-10-11-9-12(17)7-8-14(11)20-15/h7-10,13H,2-6,17H2,1H3. The Labute approximate surface area is 118 Å². The maximum atomic E-state index is 12.5. The molecule has 2 N–H and O–H groups in total. The van der Waals surface area contributed by atoms with Crippen LogP contribution in [0.5, 0.6) is 0 Å². The summed E-state index contributed by atoms with van der Waals surface area (Å²) in [5.74, 6) is 0.366. The second-order valence-corrected chi connectivity index (χ2v) is 5.62. The fourth-order valence-electron chi connectivity index (χ4n) is 2.98. The van der Waals surface area contributed by atoms with Crippen LogP contribution in [-0.2, 0) is 0 Å². The first-order valence-electron chi connectivity index (χ1n) is 7.21. The zero-order chi connectivity index (χ0) is 14.1. The molecule has 106 valence electrons. The number of carbonyl (C=O) groups is 1. The van der Waals surface area contributed by atoms with Crippen molar-refractivity contribution in [2.45, 2.75) is 38.1 Å². The minimum Gasteiger partial charge on any atom is -0.451 e. The van der Waals surface area contributed by atoms with Gasteiger partial charge in [-0.1, -0.05) is 19.3 Å². The molecule has 1 amide bonds. The van der Waals surface area contributed by atoms with E-state index >= 15 is 0 Å². The highest BCUT2D eigenvalue weighted by Crippen LogP contribution is 2.26. The van der Waals surface area contributed by atoms with Crippen LogP contribution in [0, 0.1) is 0 Å². The predicted octanol–water partition coefficient (Wildman–Crippen LogP) is 3.42. The number of carbonyl (C=O) groups excluding carboxylic acids is 1. The number of nitrogens with zero attached hydrogens (tertiary/aromatic N) is 1. The molecule has 0 atom stereocenters. The van der Waals surface area contributed by atoms with Crippen LogP contribution in [0.25, 0.3) is 11.0 Å². The third-order valence-corrected chi connectivity index (χ3v) is 4.19. The Hall–Kier alpha value is -1.97. The van der Waals surface area contributed by atoms with Crippen molar-refractivity contribution in [3.05, 3.63) is 30.0 Å². The highest BCUT2D eigenvalue weighted by atomic mass is 16.3. The fourth-order valence-corrected chi connectivity index (χ4v) is 2.98. The summed E-state index contributed by atoms with van der Waals surface area (Å²) in [4.78, 5) is 14.3. The van der Waals surface area contributed by atoms with Crippen LogP contribution in [0.2, 0.25) is 0 Å². The maximum Gasteiger partial charge on any atom is 0.289 e. The van der Waals surface area contributed by atoms with Crippen LogP contribution >= 0.6 is 0 Å². The van der Waals surface area contributed by atoms with Gasteiger partial charge in [0.2, 0.25) is 0 Å². The molecule has 0 spiro atoms. The molecule has 1 heterocycles. The Bertz CT molecular complexity index is 626. The summed E-state index contributed by atoms with van der Waals surface area (Å²) >= 11 is 0. The molecule has 0 bridgehead atoms. The van der Waals surface area contributed by atoms with Gasteiger partial charge in [-0.2, -0.15) is 0 Å². The van der Waals surface area contributed by atoms with Crippen molar-refractivity contribution in [1.82, 2.24) is 4.90 Å². The third kappa shape index (κ3) is 2.38. The molecule has 1 aliphatic carbocycles. The molecule has 1 saturated carbocycles. The van der Waals surface area contributed by atoms with Crippen molar-refractivity contribution in [1.29, 1.82) is 0 Å². The summed E-state index contributed by atoms with van der Waals surface area (Å²) in [6, 6.07) is 7.55. The van der Waals surface area contributed by atoms with E-state index in [-0.39, 0.29) is 5.91 Å². The molecule has 0 aliphatic heterocycles. The third-order valence-electron chi connectivity index (χ3n) is 4.19. The van der Waals surface area contributed by atoms with Gasteiger partial charge in [0.15, 0.2) is 5.76 Å². The van der Waals surface area contributed by atoms with Gasteiger partial charge in [-0.25, -0.2) is 0 Å². The molecular weight excluding hydrogens is 252 g/mol. The second kappa shape index (κ2) is 5.19. The Morgan fingerprint density at radius 1 is 1.25 bits per heavy atom. The van der Waals surface area contributed by atoms with Crippen LogP contribution in [-0.4, -0.2) is 23.9 Å². The summed E-state index contributed by atoms with van der Waals surface area (Å²) in [6.07, 6.45) is 5.88. The Morgan fingerprint density at radius 3 is 2.75 bits per heavy atom. The van der Waals surface area contributed by atoms with Crippen LogP contribution in [0.3, 0.4) is 0 Å². The highest BCUT2D eigenvalue weighted by Gasteiger charge is 2.25.